The first-order valence-corrected chi connectivity index (χ1v) is 7.39. The fourth-order valence-electron chi connectivity index (χ4n) is 2.01. The Bertz CT molecular complexity index is 497. The van der Waals surface area contributed by atoms with Crippen LogP contribution in [0.1, 0.15) is 32.3 Å². The van der Waals surface area contributed by atoms with Gasteiger partial charge in [0.05, 0.1) is 0 Å². The Balaban J connectivity index is 2.65. The number of benzene rings is 1. The highest BCUT2D eigenvalue weighted by molar-refractivity contribution is 5.97. The van der Waals surface area contributed by atoms with E-state index in [2.05, 4.69) is 19.2 Å². The SMILES string of the molecule is CCCN(/C=C(/C#N)C(=O)NCc1ccccc1)CCC. The van der Waals surface area contributed by atoms with E-state index in [4.69, 9.17) is 0 Å². The molecule has 1 aromatic rings. The molecule has 0 radical (unpaired) electrons. The zero-order chi connectivity index (χ0) is 15.5. The monoisotopic (exact) mass is 285 g/mol. The van der Waals surface area contributed by atoms with E-state index in [-0.39, 0.29) is 11.5 Å². The molecule has 0 unspecified atom stereocenters. The number of amides is 1. The first-order valence-electron chi connectivity index (χ1n) is 7.39. The summed E-state index contributed by atoms with van der Waals surface area (Å²) < 4.78 is 0. The number of hydrogen-bond donors (Lipinski definition) is 1. The lowest BCUT2D eigenvalue weighted by molar-refractivity contribution is -0.117. The van der Waals surface area contributed by atoms with E-state index < -0.39 is 0 Å². The van der Waals surface area contributed by atoms with Crippen LogP contribution in [0.15, 0.2) is 42.1 Å². The number of hydrogen-bond acceptors (Lipinski definition) is 3. The van der Waals surface area contributed by atoms with Gasteiger partial charge < -0.3 is 10.2 Å². The third-order valence-corrected chi connectivity index (χ3v) is 2.99. The van der Waals surface area contributed by atoms with Gasteiger partial charge in [0.25, 0.3) is 5.91 Å². The average Bonchev–Trinajstić information content (AvgIpc) is 2.51. The number of carbonyl (C=O) groups is 1. The van der Waals surface area contributed by atoms with Crippen LogP contribution in [0.5, 0.6) is 0 Å². The fraction of sp³-hybridized carbons (Fsp3) is 0.412. The van der Waals surface area contributed by atoms with Gasteiger partial charge in [0.15, 0.2) is 0 Å². The molecule has 21 heavy (non-hydrogen) atoms. The number of nitrogens with one attached hydrogen (secondary N) is 1. The summed E-state index contributed by atoms with van der Waals surface area (Å²) in [5, 5.41) is 12.0. The molecule has 0 aliphatic carbocycles. The van der Waals surface area contributed by atoms with Gasteiger partial charge in [0.1, 0.15) is 11.6 Å². The molecule has 0 spiro atoms. The fourth-order valence-corrected chi connectivity index (χ4v) is 2.01. The van der Waals surface area contributed by atoms with Gasteiger partial charge in [0.2, 0.25) is 0 Å². The van der Waals surface area contributed by atoms with Crippen molar-refractivity contribution in [1.29, 1.82) is 5.26 Å². The van der Waals surface area contributed by atoms with E-state index in [1.165, 1.54) is 0 Å². The molecule has 0 bridgehead atoms. The molecule has 0 aromatic heterocycles. The van der Waals surface area contributed by atoms with Crippen molar-refractivity contribution >= 4 is 5.91 Å². The minimum Gasteiger partial charge on any atom is -0.376 e. The summed E-state index contributed by atoms with van der Waals surface area (Å²) in [4.78, 5) is 14.1. The average molecular weight is 285 g/mol. The van der Waals surface area contributed by atoms with Gasteiger partial charge >= 0.3 is 0 Å². The van der Waals surface area contributed by atoms with Crippen LogP contribution in [0.3, 0.4) is 0 Å². The van der Waals surface area contributed by atoms with Crippen LogP contribution in [-0.2, 0) is 11.3 Å². The zero-order valence-corrected chi connectivity index (χ0v) is 12.8. The van der Waals surface area contributed by atoms with Crippen molar-refractivity contribution in [3.05, 3.63) is 47.7 Å². The normalized spacial score (nSPS) is 10.8. The molecule has 1 amide bonds. The van der Waals surface area contributed by atoms with Crippen LogP contribution < -0.4 is 5.32 Å². The van der Waals surface area contributed by atoms with Crippen LogP contribution >= 0.6 is 0 Å². The Morgan fingerprint density at radius 3 is 2.38 bits per heavy atom. The predicted octanol–water partition coefficient (Wildman–Crippen LogP) is 2.83. The van der Waals surface area contributed by atoms with Crippen LogP contribution in [-0.4, -0.2) is 23.9 Å². The Morgan fingerprint density at radius 1 is 1.24 bits per heavy atom. The summed E-state index contributed by atoms with van der Waals surface area (Å²) in [6, 6.07) is 11.7. The van der Waals surface area contributed by atoms with E-state index in [0.717, 1.165) is 31.5 Å². The van der Waals surface area contributed by atoms with Crippen LogP contribution in [0.2, 0.25) is 0 Å². The molecule has 0 aliphatic rings. The van der Waals surface area contributed by atoms with E-state index in [0.29, 0.717) is 6.54 Å². The van der Waals surface area contributed by atoms with Crippen molar-refractivity contribution in [2.75, 3.05) is 13.1 Å². The highest BCUT2D eigenvalue weighted by Gasteiger charge is 2.10. The molecule has 0 heterocycles. The minimum absolute atomic E-state index is 0.160. The van der Waals surface area contributed by atoms with Gasteiger partial charge in [-0.05, 0) is 18.4 Å². The van der Waals surface area contributed by atoms with Crippen LogP contribution in [0, 0.1) is 11.3 Å². The molecule has 112 valence electrons. The maximum atomic E-state index is 12.1. The molecule has 1 rings (SSSR count). The summed E-state index contributed by atoms with van der Waals surface area (Å²) in [7, 11) is 0. The first kappa shape index (κ1) is 16.8. The molecule has 0 fully saturated rings. The number of rotatable bonds is 8. The standard InChI is InChI=1S/C17H23N3O/c1-3-10-20(11-4-2)14-16(12-18)17(21)19-13-15-8-6-5-7-9-15/h5-9,14H,3-4,10-11,13H2,1-2H3,(H,19,21)/b16-14-. The molecule has 1 N–H and O–H groups in total. The third-order valence-electron chi connectivity index (χ3n) is 2.99. The second-order valence-corrected chi connectivity index (χ2v) is 4.86. The minimum atomic E-state index is -0.321. The van der Waals surface area contributed by atoms with Crippen molar-refractivity contribution in [1.82, 2.24) is 10.2 Å². The van der Waals surface area contributed by atoms with Crippen LogP contribution in [0.4, 0.5) is 0 Å². The lowest BCUT2D eigenvalue weighted by atomic mass is 10.2. The molecule has 0 saturated carbocycles. The van der Waals surface area contributed by atoms with E-state index in [1.807, 2.05) is 41.3 Å². The van der Waals surface area contributed by atoms with Gasteiger partial charge in [-0.15, -0.1) is 0 Å². The van der Waals surface area contributed by atoms with Gasteiger partial charge in [-0.2, -0.15) is 5.26 Å². The van der Waals surface area contributed by atoms with Crippen molar-refractivity contribution < 1.29 is 4.79 Å². The maximum Gasteiger partial charge on any atom is 0.263 e. The predicted molar refractivity (Wildman–Crippen MR) is 84.1 cm³/mol. The van der Waals surface area contributed by atoms with Crippen LogP contribution in [0.25, 0.3) is 0 Å². The molecule has 0 atom stereocenters. The summed E-state index contributed by atoms with van der Waals surface area (Å²) in [6.45, 7) is 6.30. The second kappa shape index (κ2) is 9.60. The highest BCUT2D eigenvalue weighted by atomic mass is 16.1. The second-order valence-electron chi connectivity index (χ2n) is 4.86. The molecule has 0 saturated heterocycles. The summed E-state index contributed by atoms with van der Waals surface area (Å²) >= 11 is 0. The Hall–Kier alpha value is -2.28. The van der Waals surface area contributed by atoms with Gasteiger partial charge in [-0.25, -0.2) is 0 Å². The Morgan fingerprint density at radius 2 is 1.86 bits per heavy atom. The summed E-state index contributed by atoms with van der Waals surface area (Å²) in [5.41, 5.74) is 1.18. The molecule has 4 nitrogen and oxygen atoms in total. The molecule has 0 aliphatic heterocycles. The maximum absolute atomic E-state index is 12.1. The number of nitrogens with zero attached hydrogens (tertiary/aromatic N) is 2. The largest absolute Gasteiger partial charge is 0.376 e. The quantitative estimate of drug-likeness (QED) is 0.590. The third kappa shape index (κ3) is 6.13. The summed E-state index contributed by atoms with van der Waals surface area (Å²) in [6.07, 6.45) is 3.65. The zero-order valence-electron chi connectivity index (χ0n) is 12.8. The highest BCUT2D eigenvalue weighted by Crippen LogP contribution is 2.03. The van der Waals surface area contributed by atoms with Crippen molar-refractivity contribution in [3.8, 4) is 6.07 Å². The summed E-state index contributed by atoms with van der Waals surface area (Å²) in [5.74, 6) is -0.321. The Kier molecular flexibility index (Phi) is 7.67. The van der Waals surface area contributed by atoms with Gasteiger partial charge in [-0.3, -0.25) is 4.79 Å². The molecule has 1 aromatic carbocycles. The number of carbonyl (C=O) groups excluding carboxylic acids is 1. The molecule has 4 heteroatoms. The van der Waals surface area contributed by atoms with Crippen molar-refractivity contribution in [2.45, 2.75) is 33.2 Å². The van der Waals surface area contributed by atoms with Crippen molar-refractivity contribution in [3.63, 3.8) is 0 Å². The molecular weight excluding hydrogens is 262 g/mol. The Labute approximate surface area is 127 Å². The number of nitriles is 1. The van der Waals surface area contributed by atoms with Gasteiger partial charge in [0, 0.05) is 25.8 Å². The van der Waals surface area contributed by atoms with Crippen molar-refractivity contribution in [2.24, 2.45) is 0 Å². The lowest BCUT2D eigenvalue weighted by Gasteiger charge is -2.19. The smallest absolute Gasteiger partial charge is 0.263 e. The van der Waals surface area contributed by atoms with E-state index in [9.17, 15) is 10.1 Å². The topological polar surface area (TPSA) is 56.1 Å². The van der Waals surface area contributed by atoms with Gasteiger partial charge in [-0.1, -0.05) is 44.2 Å². The lowest BCUT2D eigenvalue weighted by Crippen LogP contribution is -2.27. The van der Waals surface area contributed by atoms with E-state index >= 15 is 0 Å². The molecular formula is C17H23N3O. The van der Waals surface area contributed by atoms with E-state index in [1.54, 1.807) is 6.20 Å². The first-order chi connectivity index (χ1) is 10.2.